The maximum Gasteiger partial charge on any atom is 0.0724 e. The number of nitrogens with zero attached hydrogens (tertiary/aromatic N) is 2. The van der Waals surface area contributed by atoms with Gasteiger partial charge in [0.1, 0.15) is 0 Å². The second-order valence-electron chi connectivity index (χ2n) is 8.63. The van der Waals surface area contributed by atoms with Crippen LogP contribution in [0.2, 0.25) is 0 Å². The van der Waals surface area contributed by atoms with Gasteiger partial charge in [-0.3, -0.25) is 0 Å². The molecule has 0 atom stereocenters. The van der Waals surface area contributed by atoms with Gasteiger partial charge in [-0.15, -0.1) is 0 Å². The third-order valence-electron chi connectivity index (χ3n) is 3.36. The highest BCUT2D eigenvalue weighted by atomic mass is 15.1. The normalized spacial score (nSPS) is 13.8. The monoisotopic (exact) mass is 262 g/mol. The molecule has 0 N–H and O–H groups in total. The van der Waals surface area contributed by atoms with Crippen molar-refractivity contribution >= 4 is 0 Å². The van der Waals surface area contributed by atoms with Crippen LogP contribution in [0.25, 0.3) is 0 Å². The van der Waals surface area contributed by atoms with Crippen molar-refractivity contribution in [1.29, 1.82) is 0 Å². The molecule has 0 bridgehead atoms. The average Bonchev–Trinajstić information content (AvgIpc) is 2.11. The van der Waals surface area contributed by atoms with Crippen LogP contribution in [0.5, 0.6) is 0 Å². The van der Waals surface area contributed by atoms with Gasteiger partial charge < -0.3 is 0 Å². The van der Waals surface area contributed by atoms with Crippen LogP contribution in [0.3, 0.4) is 0 Å². The summed E-state index contributed by atoms with van der Waals surface area (Å²) in [6.07, 6.45) is 0. The summed E-state index contributed by atoms with van der Waals surface area (Å²) in [5.41, 5.74) is 5.11. The van der Waals surface area contributed by atoms with Crippen LogP contribution in [0.15, 0.2) is 0 Å². The Hall–Kier alpha value is -0.920. The van der Waals surface area contributed by atoms with Gasteiger partial charge in [0.15, 0.2) is 0 Å². The van der Waals surface area contributed by atoms with E-state index >= 15 is 0 Å². The molecular weight excluding hydrogens is 232 g/mol. The maximum atomic E-state index is 4.54. The van der Waals surface area contributed by atoms with Gasteiger partial charge in [-0.2, -0.15) is 10.2 Å². The first kappa shape index (κ1) is 16.1. The summed E-state index contributed by atoms with van der Waals surface area (Å²) >= 11 is 0. The zero-order valence-electron chi connectivity index (χ0n) is 14.4. The van der Waals surface area contributed by atoms with E-state index < -0.39 is 0 Å². The fourth-order valence-electron chi connectivity index (χ4n) is 2.70. The second kappa shape index (κ2) is 4.57. The first-order valence-corrected chi connectivity index (χ1v) is 7.15. The molecule has 0 aliphatic heterocycles. The van der Waals surface area contributed by atoms with E-state index in [1.807, 2.05) is 0 Å². The molecule has 108 valence electrons. The lowest BCUT2D eigenvalue weighted by molar-refractivity contribution is 0.472. The standard InChI is InChI=1S/C17H30N2/c1-11-12(15(2,3)4)13(16(5,6)7)14(19-18-11)17(8,9)10/h1-10H3. The summed E-state index contributed by atoms with van der Waals surface area (Å²) in [6, 6.07) is 0. The van der Waals surface area contributed by atoms with E-state index in [1.165, 1.54) is 11.1 Å². The average molecular weight is 262 g/mol. The summed E-state index contributed by atoms with van der Waals surface area (Å²) in [4.78, 5) is 0. The van der Waals surface area contributed by atoms with Crippen LogP contribution in [0, 0.1) is 6.92 Å². The SMILES string of the molecule is Cc1nnc(C(C)(C)C)c(C(C)(C)C)c1C(C)(C)C. The summed E-state index contributed by atoms with van der Waals surface area (Å²) in [7, 11) is 0. The molecule has 0 spiro atoms. The van der Waals surface area contributed by atoms with Crippen molar-refractivity contribution in [1.82, 2.24) is 10.2 Å². The number of hydrogen-bond acceptors (Lipinski definition) is 2. The fraction of sp³-hybridized carbons (Fsp3) is 0.765. The minimum absolute atomic E-state index is 0.0172. The van der Waals surface area contributed by atoms with Crippen LogP contribution in [-0.2, 0) is 16.2 Å². The van der Waals surface area contributed by atoms with Crippen LogP contribution in [0.4, 0.5) is 0 Å². The summed E-state index contributed by atoms with van der Waals surface area (Å²) < 4.78 is 0. The molecule has 1 aromatic rings. The summed E-state index contributed by atoms with van der Waals surface area (Å²) in [5.74, 6) is 0. The molecule has 0 unspecified atom stereocenters. The molecule has 2 nitrogen and oxygen atoms in total. The molecule has 0 amide bonds. The van der Waals surface area contributed by atoms with Gasteiger partial charge in [0, 0.05) is 5.41 Å². The molecule has 0 saturated carbocycles. The van der Waals surface area contributed by atoms with E-state index in [0.717, 1.165) is 11.4 Å². The molecule has 0 radical (unpaired) electrons. The number of rotatable bonds is 0. The molecule has 1 heterocycles. The predicted octanol–water partition coefficient (Wildman–Crippen LogP) is 4.68. The summed E-state index contributed by atoms with van der Waals surface area (Å²) in [5, 5.41) is 8.98. The lowest BCUT2D eigenvalue weighted by atomic mass is 9.70. The second-order valence-corrected chi connectivity index (χ2v) is 8.63. The lowest BCUT2D eigenvalue weighted by Crippen LogP contribution is -2.31. The van der Waals surface area contributed by atoms with E-state index in [2.05, 4.69) is 79.4 Å². The quantitative estimate of drug-likeness (QED) is 0.678. The van der Waals surface area contributed by atoms with E-state index in [1.54, 1.807) is 0 Å². The van der Waals surface area contributed by atoms with E-state index in [-0.39, 0.29) is 16.2 Å². The smallest absolute Gasteiger partial charge is 0.0724 e. The van der Waals surface area contributed by atoms with Crippen LogP contribution in [0.1, 0.15) is 84.8 Å². The van der Waals surface area contributed by atoms with Crippen molar-refractivity contribution in [3.05, 3.63) is 22.5 Å². The van der Waals surface area contributed by atoms with Crippen molar-refractivity contribution in [2.75, 3.05) is 0 Å². The number of aryl methyl sites for hydroxylation is 1. The Morgan fingerprint density at radius 1 is 0.579 bits per heavy atom. The minimum Gasteiger partial charge on any atom is -0.155 e. The van der Waals surface area contributed by atoms with Crippen LogP contribution in [-0.4, -0.2) is 10.2 Å². The van der Waals surface area contributed by atoms with E-state index in [0.29, 0.717) is 0 Å². The largest absolute Gasteiger partial charge is 0.155 e. The molecule has 0 aliphatic rings. The lowest BCUT2D eigenvalue weighted by Gasteiger charge is -2.35. The Kier molecular flexibility index (Phi) is 3.88. The topological polar surface area (TPSA) is 25.8 Å². The van der Waals surface area contributed by atoms with Crippen molar-refractivity contribution < 1.29 is 0 Å². The van der Waals surface area contributed by atoms with Crippen molar-refractivity contribution in [3.8, 4) is 0 Å². The first-order chi connectivity index (χ1) is 8.26. The van der Waals surface area contributed by atoms with Crippen molar-refractivity contribution in [3.63, 3.8) is 0 Å². The van der Waals surface area contributed by atoms with E-state index in [4.69, 9.17) is 0 Å². The fourth-order valence-corrected chi connectivity index (χ4v) is 2.70. The van der Waals surface area contributed by atoms with Gasteiger partial charge in [0.25, 0.3) is 0 Å². The third kappa shape index (κ3) is 3.34. The predicted molar refractivity (Wildman–Crippen MR) is 82.9 cm³/mol. The van der Waals surface area contributed by atoms with Crippen molar-refractivity contribution in [2.45, 2.75) is 85.5 Å². The van der Waals surface area contributed by atoms with Gasteiger partial charge in [-0.1, -0.05) is 62.3 Å². The number of aromatic nitrogens is 2. The molecular formula is C17H30N2. The summed E-state index contributed by atoms with van der Waals surface area (Å²) in [6.45, 7) is 22.3. The third-order valence-corrected chi connectivity index (χ3v) is 3.36. The van der Waals surface area contributed by atoms with Gasteiger partial charge in [0.2, 0.25) is 0 Å². The molecule has 0 saturated heterocycles. The number of hydrogen-bond donors (Lipinski definition) is 0. The molecule has 1 aromatic heterocycles. The highest BCUT2D eigenvalue weighted by Gasteiger charge is 2.34. The highest BCUT2D eigenvalue weighted by molar-refractivity contribution is 5.44. The van der Waals surface area contributed by atoms with Gasteiger partial charge in [-0.25, -0.2) is 0 Å². The van der Waals surface area contributed by atoms with Gasteiger partial charge >= 0.3 is 0 Å². The molecule has 0 aromatic carbocycles. The molecule has 0 fully saturated rings. The Morgan fingerprint density at radius 2 is 1.00 bits per heavy atom. The molecule has 19 heavy (non-hydrogen) atoms. The van der Waals surface area contributed by atoms with Gasteiger partial charge in [0.05, 0.1) is 11.4 Å². The van der Waals surface area contributed by atoms with Crippen LogP contribution < -0.4 is 0 Å². The molecule has 1 rings (SSSR count). The molecule has 0 aliphatic carbocycles. The van der Waals surface area contributed by atoms with E-state index in [9.17, 15) is 0 Å². The Labute approximate surface area is 119 Å². The molecule has 2 heteroatoms. The zero-order chi connectivity index (χ0) is 15.2. The van der Waals surface area contributed by atoms with Crippen LogP contribution >= 0.6 is 0 Å². The Bertz CT molecular complexity index is 466. The van der Waals surface area contributed by atoms with Crippen molar-refractivity contribution in [2.24, 2.45) is 0 Å². The zero-order valence-corrected chi connectivity index (χ0v) is 14.4. The highest BCUT2D eigenvalue weighted by Crippen LogP contribution is 2.40. The Balaban J connectivity index is 3.82. The first-order valence-electron chi connectivity index (χ1n) is 7.15. The Morgan fingerprint density at radius 3 is 1.32 bits per heavy atom. The van der Waals surface area contributed by atoms with Gasteiger partial charge in [-0.05, 0) is 28.9 Å². The minimum atomic E-state index is 0.0172. The maximum absolute atomic E-state index is 4.54.